The molecule has 0 bridgehead atoms. The van der Waals surface area contributed by atoms with Crippen molar-refractivity contribution in [3.63, 3.8) is 0 Å². The maximum atomic E-state index is 13.0. The van der Waals surface area contributed by atoms with Gasteiger partial charge in [-0.3, -0.25) is 4.79 Å². The summed E-state index contributed by atoms with van der Waals surface area (Å²) < 4.78 is 12.0. The van der Waals surface area contributed by atoms with Gasteiger partial charge < -0.3 is 14.8 Å². The van der Waals surface area contributed by atoms with Gasteiger partial charge in [-0.05, 0) is 68.0 Å². The van der Waals surface area contributed by atoms with Crippen LogP contribution in [0.1, 0.15) is 67.8 Å². The number of thiophene rings is 1. The number of benzene rings is 2. The molecule has 7 heteroatoms. The molecule has 1 heterocycles. The lowest BCUT2D eigenvalue weighted by Crippen LogP contribution is -2.21. The van der Waals surface area contributed by atoms with Crippen LogP contribution in [0.15, 0.2) is 58.4 Å². The van der Waals surface area contributed by atoms with Gasteiger partial charge in [-0.2, -0.15) is 0 Å². The van der Waals surface area contributed by atoms with Crippen molar-refractivity contribution in [2.45, 2.75) is 58.0 Å². The highest BCUT2D eigenvalue weighted by Gasteiger charge is 2.24. The highest BCUT2D eigenvalue weighted by molar-refractivity contribution is 9.10. The zero-order valence-corrected chi connectivity index (χ0v) is 22.4. The first-order valence-corrected chi connectivity index (χ1v) is 13.7. The van der Waals surface area contributed by atoms with E-state index in [0.29, 0.717) is 22.2 Å². The van der Waals surface area contributed by atoms with Gasteiger partial charge in [0.15, 0.2) is 6.61 Å². The predicted octanol–water partition coefficient (Wildman–Crippen LogP) is 7.81. The van der Waals surface area contributed by atoms with Crippen LogP contribution >= 0.6 is 27.3 Å². The summed E-state index contributed by atoms with van der Waals surface area (Å²) in [5, 5.41) is 5.21. The number of amides is 1. The largest absolute Gasteiger partial charge is 0.484 e. The van der Waals surface area contributed by atoms with Gasteiger partial charge in [-0.25, -0.2) is 4.79 Å². The Morgan fingerprint density at radius 1 is 1.03 bits per heavy atom. The summed E-state index contributed by atoms with van der Waals surface area (Å²) in [5.74, 6) is 0.420. The maximum absolute atomic E-state index is 13.0. The second-order valence-electron chi connectivity index (χ2n) is 9.06. The van der Waals surface area contributed by atoms with E-state index >= 15 is 0 Å². The second-order valence-corrected chi connectivity index (χ2v) is 10.9. The molecule has 3 aromatic rings. The molecular weight excluding hydrogens is 526 g/mol. The number of nitrogens with one attached hydrogen (secondary N) is 1. The number of hydrogen-bond donors (Lipinski definition) is 1. The molecule has 35 heavy (non-hydrogen) atoms. The van der Waals surface area contributed by atoms with E-state index in [1.165, 1.54) is 49.0 Å². The molecule has 1 N–H and O–H groups in total. The fraction of sp³-hybridized carbons (Fsp3) is 0.357. The van der Waals surface area contributed by atoms with Crippen LogP contribution in [-0.4, -0.2) is 24.6 Å². The molecule has 0 saturated heterocycles. The fourth-order valence-electron chi connectivity index (χ4n) is 4.35. The maximum Gasteiger partial charge on any atom is 0.342 e. The monoisotopic (exact) mass is 555 g/mol. The molecule has 0 unspecified atom stereocenters. The highest BCUT2D eigenvalue weighted by atomic mass is 79.9. The van der Waals surface area contributed by atoms with Gasteiger partial charge >= 0.3 is 5.97 Å². The number of rotatable bonds is 8. The average Bonchev–Trinajstić information content (AvgIpc) is 3.27. The molecule has 1 aliphatic carbocycles. The molecule has 1 aliphatic rings. The minimum Gasteiger partial charge on any atom is -0.484 e. The van der Waals surface area contributed by atoms with Crippen molar-refractivity contribution in [2.24, 2.45) is 0 Å². The van der Waals surface area contributed by atoms with Gasteiger partial charge in [0, 0.05) is 15.4 Å². The van der Waals surface area contributed by atoms with E-state index in [2.05, 4.69) is 45.5 Å². The van der Waals surface area contributed by atoms with Crippen molar-refractivity contribution in [3.8, 4) is 16.9 Å². The first-order chi connectivity index (χ1) is 16.9. The lowest BCUT2D eigenvalue weighted by Gasteiger charge is -2.22. The number of hydrogen-bond acceptors (Lipinski definition) is 5. The number of anilines is 1. The SMILES string of the molecule is CC(C)OC(=O)c1c(-c2ccc(C3CCCCC3)cc2)csc1NC(=O)COc1ccc(Br)cc1. The summed E-state index contributed by atoms with van der Waals surface area (Å²) in [7, 11) is 0. The first kappa shape index (κ1) is 25.5. The molecule has 0 radical (unpaired) electrons. The Morgan fingerprint density at radius 3 is 2.37 bits per heavy atom. The molecule has 0 aliphatic heterocycles. The van der Waals surface area contributed by atoms with Crippen molar-refractivity contribution >= 4 is 44.1 Å². The molecule has 1 saturated carbocycles. The Kier molecular flexibility index (Phi) is 8.63. The number of ether oxygens (including phenoxy) is 2. The van der Waals surface area contributed by atoms with Crippen LogP contribution in [0, 0.1) is 0 Å². The van der Waals surface area contributed by atoms with Crippen LogP contribution in [0.2, 0.25) is 0 Å². The molecule has 5 nitrogen and oxygen atoms in total. The molecule has 4 rings (SSSR count). The van der Waals surface area contributed by atoms with E-state index in [0.717, 1.165) is 15.6 Å². The van der Waals surface area contributed by atoms with Crippen molar-refractivity contribution in [1.82, 2.24) is 0 Å². The van der Waals surface area contributed by atoms with E-state index in [1.807, 2.05) is 31.4 Å². The Balaban J connectivity index is 1.52. The van der Waals surface area contributed by atoms with Gasteiger partial charge in [-0.1, -0.05) is 59.5 Å². The molecule has 2 aromatic carbocycles. The zero-order valence-electron chi connectivity index (χ0n) is 20.0. The predicted molar refractivity (Wildman–Crippen MR) is 144 cm³/mol. The minimum absolute atomic E-state index is 0.163. The fourth-order valence-corrected chi connectivity index (χ4v) is 5.59. The molecule has 1 amide bonds. The minimum atomic E-state index is -0.447. The Labute approximate surface area is 219 Å². The van der Waals surface area contributed by atoms with Crippen LogP contribution in [0.4, 0.5) is 5.00 Å². The summed E-state index contributed by atoms with van der Waals surface area (Å²) in [5.41, 5.74) is 3.43. The number of carbonyl (C=O) groups is 2. The van der Waals surface area contributed by atoms with Crippen LogP contribution in [0.3, 0.4) is 0 Å². The molecular formula is C28H30BrNO4S. The van der Waals surface area contributed by atoms with Crippen LogP contribution in [-0.2, 0) is 9.53 Å². The van der Waals surface area contributed by atoms with Gasteiger partial charge in [0.2, 0.25) is 0 Å². The summed E-state index contributed by atoms with van der Waals surface area (Å²) in [6.45, 7) is 3.46. The topological polar surface area (TPSA) is 64.6 Å². The average molecular weight is 557 g/mol. The Morgan fingerprint density at radius 2 is 1.71 bits per heavy atom. The van der Waals surface area contributed by atoms with Crippen LogP contribution in [0.5, 0.6) is 5.75 Å². The van der Waals surface area contributed by atoms with Gasteiger partial charge in [0.1, 0.15) is 16.3 Å². The summed E-state index contributed by atoms with van der Waals surface area (Å²) in [6.07, 6.45) is 6.11. The molecule has 1 fully saturated rings. The van der Waals surface area contributed by atoms with Crippen molar-refractivity contribution in [2.75, 3.05) is 11.9 Å². The summed E-state index contributed by atoms with van der Waals surface area (Å²) in [4.78, 5) is 25.7. The lowest BCUT2D eigenvalue weighted by atomic mass is 9.83. The molecule has 0 spiro atoms. The van der Waals surface area contributed by atoms with Crippen LogP contribution in [0.25, 0.3) is 11.1 Å². The van der Waals surface area contributed by atoms with E-state index in [4.69, 9.17) is 9.47 Å². The quantitative estimate of drug-likeness (QED) is 0.288. The first-order valence-electron chi connectivity index (χ1n) is 12.0. The standard InChI is InChI=1S/C28H30BrNO4S/c1-18(2)34-28(32)26-24(21-10-8-20(9-11-21)19-6-4-3-5-7-19)17-35-27(26)30-25(31)16-33-23-14-12-22(29)13-15-23/h8-15,17-19H,3-7,16H2,1-2H3,(H,30,31). The van der Waals surface area contributed by atoms with E-state index in [9.17, 15) is 9.59 Å². The van der Waals surface area contributed by atoms with E-state index in [-0.39, 0.29) is 18.6 Å². The van der Waals surface area contributed by atoms with Crippen molar-refractivity contribution in [1.29, 1.82) is 0 Å². The molecule has 0 atom stereocenters. The number of esters is 1. The zero-order chi connectivity index (χ0) is 24.8. The van der Waals surface area contributed by atoms with Gasteiger partial charge in [0.05, 0.1) is 6.10 Å². The smallest absolute Gasteiger partial charge is 0.342 e. The second kappa shape index (κ2) is 11.9. The molecule has 184 valence electrons. The third-order valence-corrected chi connectivity index (χ3v) is 7.50. The number of carbonyl (C=O) groups excluding carboxylic acids is 2. The van der Waals surface area contributed by atoms with Gasteiger partial charge in [-0.15, -0.1) is 11.3 Å². The Bertz CT molecular complexity index is 1150. The third-order valence-electron chi connectivity index (χ3n) is 6.07. The number of halogens is 1. The summed E-state index contributed by atoms with van der Waals surface area (Å²) in [6, 6.07) is 15.7. The third kappa shape index (κ3) is 6.73. The van der Waals surface area contributed by atoms with Crippen molar-refractivity contribution in [3.05, 3.63) is 69.5 Å². The Hall–Kier alpha value is -2.64. The van der Waals surface area contributed by atoms with Crippen LogP contribution < -0.4 is 10.1 Å². The van der Waals surface area contributed by atoms with Gasteiger partial charge in [0.25, 0.3) is 5.91 Å². The van der Waals surface area contributed by atoms with E-state index < -0.39 is 5.97 Å². The lowest BCUT2D eigenvalue weighted by molar-refractivity contribution is -0.118. The van der Waals surface area contributed by atoms with Crippen molar-refractivity contribution < 1.29 is 19.1 Å². The normalized spacial score (nSPS) is 14.1. The van der Waals surface area contributed by atoms with E-state index in [1.54, 1.807) is 12.1 Å². The summed E-state index contributed by atoms with van der Waals surface area (Å²) >= 11 is 4.69. The highest BCUT2D eigenvalue weighted by Crippen LogP contribution is 2.38. The molecule has 1 aromatic heterocycles.